The Morgan fingerprint density at radius 3 is 2.28 bits per heavy atom. The summed E-state index contributed by atoms with van der Waals surface area (Å²) in [5, 5.41) is 23.7. The average Bonchev–Trinajstić information content (AvgIpc) is 3.12. The van der Waals surface area contributed by atoms with Crippen LogP contribution in [0.3, 0.4) is 0 Å². The summed E-state index contributed by atoms with van der Waals surface area (Å²) in [6, 6.07) is 21.3. The molecule has 1 amide bonds. The molecule has 0 saturated carbocycles. The first-order chi connectivity index (χ1) is 15.5. The Balaban J connectivity index is 1.28. The van der Waals surface area contributed by atoms with Gasteiger partial charge in [0.25, 0.3) is 0 Å². The molecule has 0 radical (unpaired) electrons. The molecule has 3 N–H and O–H groups in total. The number of carbonyl (C=O) groups excluding carboxylic acids is 1. The number of benzene rings is 3. The largest absolute Gasteiger partial charge is 0.449 e. The summed E-state index contributed by atoms with van der Waals surface area (Å²) in [6.45, 7) is 0.390. The van der Waals surface area contributed by atoms with Gasteiger partial charge in [0.05, 0.1) is 11.1 Å². The minimum Gasteiger partial charge on any atom is -0.449 e. The van der Waals surface area contributed by atoms with E-state index in [0.717, 1.165) is 11.1 Å². The minimum absolute atomic E-state index is 0.0114. The number of rotatable bonds is 7. The van der Waals surface area contributed by atoms with Crippen LogP contribution >= 0.6 is 27.5 Å². The van der Waals surface area contributed by atoms with E-state index in [0.29, 0.717) is 15.1 Å². The quantitative estimate of drug-likeness (QED) is 0.391. The van der Waals surface area contributed by atoms with Gasteiger partial charge in [-0.2, -0.15) is 0 Å². The maximum absolute atomic E-state index is 12.2. The first kappa shape index (κ1) is 22.8. The molecule has 32 heavy (non-hydrogen) atoms. The van der Waals surface area contributed by atoms with Crippen LogP contribution in [0.1, 0.15) is 35.1 Å². The van der Waals surface area contributed by atoms with Gasteiger partial charge in [0.1, 0.15) is 12.7 Å². The van der Waals surface area contributed by atoms with Crippen LogP contribution in [0.4, 0.5) is 4.79 Å². The number of aliphatic hydroxyl groups is 2. The molecule has 7 heteroatoms. The molecule has 0 heterocycles. The number of halogens is 2. The number of hydrogen-bond donors (Lipinski definition) is 3. The number of nitrogens with one attached hydrogen (secondary N) is 1. The van der Waals surface area contributed by atoms with Gasteiger partial charge >= 0.3 is 6.09 Å². The predicted octanol–water partition coefficient (Wildman–Crippen LogP) is 5.43. The lowest BCUT2D eigenvalue weighted by molar-refractivity contribution is 0.0136. The van der Waals surface area contributed by atoms with Crippen LogP contribution in [0, 0.1) is 0 Å². The Labute approximate surface area is 200 Å². The molecule has 1 aliphatic rings. The molecule has 0 aromatic heterocycles. The van der Waals surface area contributed by atoms with E-state index in [2.05, 4.69) is 45.5 Å². The zero-order valence-electron chi connectivity index (χ0n) is 17.2. The van der Waals surface area contributed by atoms with Crippen LogP contribution in [0.15, 0.2) is 71.2 Å². The lowest BCUT2D eigenvalue weighted by atomic mass is 9.98. The Morgan fingerprint density at radius 1 is 1.03 bits per heavy atom. The van der Waals surface area contributed by atoms with Crippen molar-refractivity contribution in [3.63, 3.8) is 0 Å². The van der Waals surface area contributed by atoms with Crippen molar-refractivity contribution in [3.05, 3.63) is 92.9 Å². The van der Waals surface area contributed by atoms with Crippen molar-refractivity contribution in [2.45, 2.75) is 24.5 Å². The number of amides is 1. The van der Waals surface area contributed by atoms with Crippen LogP contribution in [0.25, 0.3) is 11.1 Å². The molecule has 0 saturated heterocycles. The number of fused-ring (bicyclic) bond motifs is 3. The van der Waals surface area contributed by atoms with Crippen LogP contribution in [-0.2, 0) is 4.74 Å². The molecule has 0 spiro atoms. The highest BCUT2D eigenvalue weighted by Crippen LogP contribution is 2.44. The second-order valence-corrected chi connectivity index (χ2v) is 8.99. The van der Waals surface area contributed by atoms with E-state index in [1.165, 1.54) is 11.1 Å². The third-order valence-electron chi connectivity index (χ3n) is 5.70. The second-order valence-electron chi connectivity index (χ2n) is 7.73. The standard InChI is InChI=1S/C25H23BrClNO4/c26-21-10-9-15(13-22(21)27)24(30)23(29)11-12-28-25(31)32-14-20-18-7-3-1-5-16(18)17-6-2-4-8-19(17)20/h1-10,13,20,23-24,29-30H,11-12,14H2,(H,28,31). The van der Waals surface area contributed by atoms with Gasteiger partial charge in [-0.25, -0.2) is 4.79 Å². The Hall–Kier alpha value is -2.38. The molecule has 0 bridgehead atoms. The maximum Gasteiger partial charge on any atom is 0.407 e. The Bertz CT molecular complexity index is 1080. The minimum atomic E-state index is -1.11. The molecular weight excluding hydrogens is 494 g/mol. The van der Waals surface area contributed by atoms with Crippen molar-refractivity contribution in [2.24, 2.45) is 0 Å². The Kier molecular flexibility index (Phi) is 7.16. The first-order valence-electron chi connectivity index (χ1n) is 10.4. The van der Waals surface area contributed by atoms with Crippen molar-refractivity contribution in [3.8, 4) is 11.1 Å². The van der Waals surface area contributed by atoms with Crippen LogP contribution < -0.4 is 5.32 Å². The Morgan fingerprint density at radius 2 is 1.66 bits per heavy atom. The highest BCUT2D eigenvalue weighted by atomic mass is 79.9. The number of alkyl carbamates (subject to hydrolysis) is 1. The van der Waals surface area contributed by atoms with Gasteiger partial charge in [-0.15, -0.1) is 0 Å². The van der Waals surface area contributed by atoms with E-state index >= 15 is 0 Å². The highest BCUT2D eigenvalue weighted by Gasteiger charge is 2.29. The van der Waals surface area contributed by atoms with E-state index in [9.17, 15) is 15.0 Å². The van der Waals surface area contributed by atoms with Gasteiger partial charge in [0.15, 0.2) is 0 Å². The van der Waals surface area contributed by atoms with Gasteiger partial charge < -0.3 is 20.3 Å². The fourth-order valence-electron chi connectivity index (χ4n) is 4.05. The van der Waals surface area contributed by atoms with Crippen molar-refractivity contribution in [1.82, 2.24) is 5.32 Å². The molecule has 166 valence electrons. The summed E-state index contributed by atoms with van der Waals surface area (Å²) in [6.07, 6.45) is -2.55. The van der Waals surface area contributed by atoms with Crippen molar-refractivity contribution < 1.29 is 19.7 Å². The van der Waals surface area contributed by atoms with Crippen LogP contribution in [0.2, 0.25) is 5.02 Å². The second kappa shape index (κ2) is 10.0. The normalized spacial score (nSPS) is 14.4. The van der Waals surface area contributed by atoms with Gasteiger partial charge in [-0.1, -0.05) is 66.2 Å². The molecule has 2 atom stereocenters. The molecule has 3 aromatic rings. The number of carbonyl (C=O) groups is 1. The van der Waals surface area contributed by atoms with Gasteiger partial charge in [0, 0.05) is 16.9 Å². The van der Waals surface area contributed by atoms with Crippen molar-refractivity contribution in [1.29, 1.82) is 0 Å². The van der Waals surface area contributed by atoms with E-state index in [1.807, 2.05) is 24.3 Å². The molecule has 0 aliphatic heterocycles. The lowest BCUT2D eigenvalue weighted by Gasteiger charge is -2.19. The fourth-order valence-corrected chi connectivity index (χ4v) is 4.48. The molecule has 3 aromatic carbocycles. The average molecular weight is 517 g/mol. The molecule has 5 nitrogen and oxygen atoms in total. The van der Waals surface area contributed by atoms with E-state index in [-0.39, 0.29) is 25.5 Å². The zero-order valence-corrected chi connectivity index (χ0v) is 19.5. The summed E-state index contributed by atoms with van der Waals surface area (Å²) in [4.78, 5) is 12.2. The van der Waals surface area contributed by atoms with E-state index < -0.39 is 18.3 Å². The summed E-state index contributed by atoms with van der Waals surface area (Å²) >= 11 is 9.34. The fraction of sp³-hybridized carbons (Fsp3) is 0.240. The highest BCUT2D eigenvalue weighted by molar-refractivity contribution is 9.10. The maximum atomic E-state index is 12.2. The van der Waals surface area contributed by atoms with Gasteiger partial charge in [-0.3, -0.25) is 0 Å². The van der Waals surface area contributed by atoms with E-state index in [4.69, 9.17) is 16.3 Å². The smallest absolute Gasteiger partial charge is 0.407 e. The molecular formula is C25H23BrClNO4. The van der Waals surface area contributed by atoms with Crippen molar-refractivity contribution >= 4 is 33.6 Å². The summed E-state index contributed by atoms with van der Waals surface area (Å²) in [5.74, 6) is -0.0114. The summed E-state index contributed by atoms with van der Waals surface area (Å²) < 4.78 is 6.19. The van der Waals surface area contributed by atoms with Crippen molar-refractivity contribution in [2.75, 3.05) is 13.2 Å². The van der Waals surface area contributed by atoms with Crippen LogP contribution in [0.5, 0.6) is 0 Å². The molecule has 4 rings (SSSR count). The monoisotopic (exact) mass is 515 g/mol. The first-order valence-corrected chi connectivity index (χ1v) is 11.5. The molecule has 0 fully saturated rings. The molecule has 2 unspecified atom stereocenters. The third kappa shape index (κ3) is 4.84. The third-order valence-corrected chi connectivity index (χ3v) is 6.94. The SMILES string of the molecule is O=C(NCCC(O)C(O)c1ccc(Br)c(Cl)c1)OCC1c2ccccc2-c2ccccc21. The van der Waals surface area contributed by atoms with Gasteiger partial charge in [-0.05, 0) is 62.3 Å². The number of hydrogen-bond acceptors (Lipinski definition) is 4. The van der Waals surface area contributed by atoms with Gasteiger partial charge in [0.2, 0.25) is 0 Å². The zero-order chi connectivity index (χ0) is 22.7. The summed E-state index contributed by atoms with van der Waals surface area (Å²) in [5.41, 5.74) is 5.14. The lowest BCUT2D eigenvalue weighted by Crippen LogP contribution is -2.30. The van der Waals surface area contributed by atoms with E-state index in [1.54, 1.807) is 18.2 Å². The number of aliphatic hydroxyl groups excluding tert-OH is 2. The predicted molar refractivity (Wildman–Crippen MR) is 128 cm³/mol. The summed E-state index contributed by atoms with van der Waals surface area (Å²) in [7, 11) is 0. The number of ether oxygens (including phenoxy) is 1. The molecule has 1 aliphatic carbocycles. The topological polar surface area (TPSA) is 78.8 Å². The van der Waals surface area contributed by atoms with Crippen LogP contribution in [-0.4, -0.2) is 35.6 Å².